The third-order valence-electron chi connectivity index (χ3n) is 21.6. The van der Waals surface area contributed by atoms with Gasteiger partial charge in [0.15, 0.2) is 35.1 Å². The normalized spacial score (nSPS) is 26.5. The number of carbonyl (C=O) groups excluding carboxylic acids is 7. The van der Waals surface area contributed by atoms with Gasteiger partial charge in [-0.05, 0) is 120 Å². The number of carboxylic acids is 2. The van der Waals surface area contributed by atoms with Crippen LogP contribution in [0.1, 0.15) is 140 Å². The number of ether oxygens (including phenoxy) is 7. The lowest BCUT2D eigenvalue weighted by Crippen LogP contribution is -2.66. The van der Waals surface area contributed by atoms with Crippen molar-refractivity contribution in [2.24, 2.45) is 5.92 Å². The molecule has 17 bridgehead atoms. The van der Waals surface area contributed by atoms with E-state index in [4.69, 9.17) is 56.4 Å². The highest BCUT2D eigenvalue weighted by Gasteiger charge is 2.52. The van der Waals surface area contributed by atoms with E-state index in [1.165, 1.54) is 49.5 Å². The highest BCUT2D eigenvalue weighted by Crippen LogP contribution is 2.50. The number of benzene rings is 7. The summed E-state index contributed by atoms with van der Waals surface area (Å²) in [6.07, 6.45) is -16.3. The maximum absolute atomic E-state index is 16.7. The highest BCUT2D eigenvalue weighted by atomic mass is 35.5. The molecule has 648 valence electrons. The molecule has 15 rings (SSSR count). The first-order chi connectivity index (χ1) is 58.2. The molecule has 37 nitrogen and oxygen atoms in total. The minimum Gasteiger partial charge on any atom is -0.508 e. The van der Waals surface area contributed by atoms with Crippen molar-refractivity contribution in [3.05, 3.63) is 164 Å². The summed E-state index contributed by atoms with van der Waals surface area (Å²) in [5.41, 5.74) is -3.29. The molecule has 0 unspecified atom stereocenters. The summed E-state index contributed by atoms with van der Waals surface area (Å²) in [6, 6.07) is 4.41. The molecular weight excluding hydrogens is 1640 g/mol. The van der Waals surface area contributed by atoms with Crippen LogP contribution in [-0.2, 0) is 59.0 Å². The van der Waals surface area contributed by atoms with Crippen LogP contribution in [0.15, 0.2) is 115 Å². The molecule has 21 N–H and O–H groups in total. The molecule has 0 radical (unpaired) electrons. The minimum atomic E-state index is -2.47. The smallest absolute Gasteiger partial charge is 0.335 e. The minimum absolute atomic E-state index is 0.153. The van der Waals surface area contributed by atoms with Gasteiger partial charge in [0.05, 0.1) is 16.7 Å². The lowest BCUT2D eigenvalue weighted by atomic mass is 9.89. The molecule has 7 aromatic carbocycles. The quantitative estimate of drug-likeness (QED) is 0.0536. The summed E-state index contributed by atoms with van der Waals surface area (Å²) in [7, 11) is 1.42. The van der Waals surface area contributed by atoms with Gasteiger partial charge in [-0.1, -0.05) is 106 Å². The molecule has 7 amide bonds. The second kappa shape index (κ2) is 37.2. The second-order valence-corrected chi connectivity index (χ2v) is 31.4. The molecule has 122 heavy (non-hydrogen) atoms. The van der Waals surface area contributed by atoms with Gasteiger partial charge >= 0.3 is 11.9 Å². The molecule has 2 saturated heterocycles. The summed E-state index contributed by atoms with van der Waals surface area (Å²) >= 11 is 14.2. The fourth-order valence-electron chi connectivity index (χ4n) is 15.2. The van der Waals surface area contributed by atoms with Crippen molar-refractivity contribution in [1.29, 1.82) is 0 Å². The first kappa shape index (κ1) is 88.0. The van der Waals surface area contributed by atoms with Gasteiger partial charge in [0.1, 0.15) is 125 Å². The lowest BCUT2D eigenvalue weighted by molar-refractivity contribution is -0.277. The summed E-state index contributed by atoms with van der Waals surface area (Å²) in [6.45, 7) is 3.26. The first-order valence-corrected chi connectivity index (χ1v) is 39.7. The Morgan fingerprint density at radius 3 is 1.86 bits per heavy atom. The molecule has 8 aliphatic heterocycles. The summed E-state index contributed by atoms with van der Waals surface area (Å²) in [5.74, 6) is -19.0. The van der Waals surface area contributed by atoms with Crippen molar-refractivity contribution in [1.82, 2.24) is 42.5 Å². The number of aliphatic carboxylic acids is 2. The third-order valence-corrected chi connectivity index (χ3v) is 22.3. The van der Waals surface area contributed by atoms with E-state index >= 15 is 24.0 Å². The number of phenolic OH excluding ortho intramolecular Hbond substituents is 4. The van der Waals surface area contributed by atoms with Gasteiger partial charge in [0, 0.05) is 47.2 Å². The topological polar surface area (TPSA) is 577 Å². The Bertz CT molecular complexity index is 5200. The molecule has 8 aliphatic rings. The van der Waals surface area contributed by atoms with Crippen LogP contribution in [0.4, 0.5) is 0 Å². The summed E-state index contributed by atoms with van der Waals surface area (Å²) < 4.78 is 44.0. The van der Waals surface area contributed by atoms with E-state index < -0.39 is 271 Å². The Balaban J connectivity index is 1.04. The average molecular weight is 1730 g/mol. The zero-order valence-corrected chi connectivity index (χ0v) is 66.6. The number of halogens is 2. The maximum atomic E-state index is 16.7. The number of likely N-dealkylation sites (N-methyl/N-ethyl adjacent to an activating group) is 1. The fourth-order valence-corrected chi connectivity index (χ4v) is 15.6. The van der Waals surface area contributed by atoms with E-state index in [-0.39, 0.29) is 40.4 Å². The molecule has 0 aromatic heterocycles. The molecule has 7 aromatic rings. The SMILES string of the molecule is CN[C@@H]1C(=O)N[C@@H]2Cc3ccc(cc3)Oc3cc4cc(c3O[C@@H]3O[C@H](C(=O)O)[C@@H](O)[C@H](O)[C@H]3NC(=O)CCCCCCCCC(C)C)Oc3ccc(cc3Cl)[C@@H](O)[C@@H]3NC(=O)[C@H](NC(=O)[C@@H]4NC(=O)[C@@H](NC2=O)c2cc(cc(O)c2Cl)Oc2cc1ccc2O)c1ccc(O)c(c1)-c1c(O[C@H]2O[C@H](CO)[C@@H](O)[C@H](O)[C@@H]2O)cc(O)cc1[C@H](C(=O)O)NC3=O. The number of rotatable bonds is 18. The largest absolute Gasteiger partial charge is 0.508 e. The van der Waals surface area contributed by atoms with Crippen LogP contribution in [0.5, 0.6) is 69.0 Å². The Morgan fingerprint density at radius 1 is 0.533 bits per heavy atom. The number of aromatic hydroxyl groups is 4. The van der Waals surface area contributed by atoms with Gasteiger partial charge in [-0.2, -0.15) is 0 Å². The number of unbranched alkanes of at least 4 members (excludes halogenated alkanes) is 5. The fraction of sp³-hybridized carbons (Fsp3) is 0.386. The first-order valence-electron chi connectivity index (χ1n) is 38.9. The van der Waals surface area contributed by atoms with Gasteiger partial charge in [-0.15, -0.1) is 0 Å². The predicted molar refractivity (Wildman–Crippen MR) is 424 cm³/mol. The molecule has 8 heterocycles. The number of aliphatic hydroxyl groups excluding tert-OH is 7. The predicted octanol–water partition coefficient (Wildman–Crippen LogP) is 4.18. The Labute approximate surface area is 703 Å². The van der Waals surface area contributed by atoms with Gasteiger partial charge in [-0.25, -0.2) is 9.59 Å². The average Bonchev–Trinajstić information content (AvgIpc) is 0.760. The Morgan fingerprint density at radius 2 is 1.17 bits per heavy atom. The van der Waals surface area contributed by atoms with Crippen LogP contribution >= 0.6 is 23.2 Å². The van der Waals surface area contributed by atoms with Gasteiger partial charge in [0.25, 0.3) is 0 Å². The molecule has 0 spiro atoms. The van der Waals surface area contributed by atoms with E-state index in [1.807, 2.05) is 0 Å². The number of phenols is 4. The number of carboxylic acid groups (broad SMARTS) is 2. The third kappa shape index (κ3) is 18.9. The zero-order chi connectivity index (χ0) is 87.6. The number of fused-ring (bicyclic) bond motifs is 14. The van der Waals surface area contributed by atoms with Crippen LogP contribution in [0.3, 0.4) is 0 Å². The van der Waals surface area contributed by atoms with Crippen molar-refractivity contribution >= 4 is 76.5 Å². The van der Waals surface area contributed by atoms with Crippen molar-refractivity contribution in [2.45, 2.75) is 181 Å². The monoisotopic (exact) mass is 1730 g/mol. The number of aliphatic hydroxyl groups is 7. The number of amides is 7. The molecule has 39 heteroatoms. The highest BCUT2D eigenvalue weighted by molar-refractivity contribution is 6.33. The van der Waals surface area contributed by atoms with Crippen molar-refractivity contribution in [2.75, 3.05) is 13.7 Å². The van der Waals surface area contributed by atoms with E-state index in [0.717, 1.165) is 105 Å². The lowest BCUT2D eigenvalue weighted by Gasteiger charge is -2.41. The van der Waals surface area contributed by atoms with Crippen LogP contribution < -0.4 is 66.2 Å². The molecular formula is C83H88Cl2N8O29. The standard InChI is InChI=1S/C83H88Cl2N8O29/c1-33(2)10-8-6-4-5-7-9-11-56(99)88-65-68(102)70(104)73(81(114)115)122-82(65)121-72-53-26-38-27-54(72)118-50-21-16-37(24-45(50)84)66(100)64-79(111)92-63(80(112)113)43-28-39(95)29-52(119-83-71(105)69(103)67(101)55(32-94)120-83)57(43)42-23-35(14-19-47(42)96)60(76(108)93-64)89-77(109)61(38)90-78(110)62-44-30-41(31-49(98)58(44)85)117-51-25-36(15-20-48(51)97)59(86-3)75(107)87-46(74(106)91-62)22-34-12-17-40(116-53)18-13-34/h12-21,23-31,33,46,55,59-71,73,82-83,86,94-98,100-105H,4-11,22,32H2,1-3H3,(H,87,107)(H,88,99)(H,89,109)(H,90,110)(H,91,106)(H,92,111)(H,93,108)(H,112,113)(H,114,115)/t46-,55-,59+,60-,61-,62+,63-,64+,65-,66-,67-,68-,69+,70+,71+,73+,82-,83+/m1/s1. The van der Waals surface area contributed by atoms with E-state index in [0.29, 0.717) is 18.8 Å². The molecule has 18 atom stereocenters. The van der Waals surface area contributed by atoms with E-state index in [1.54, 1.807) is 0 Å². The molecule has 0 aliphatic carbocycles. The summed E-state index contributed by atoms with van der Waals surface area (Å²) in [4.78, 5) is 136. The number of hydrogen-bond acceptors (Lipinski definition) is 28. The van der Waals surface area contributed by atoms with Crippen LogP contribution in [0, 0.1) is 5.92 Å². The van der Waals surface area contributed by atoms with Crippen LogP contribution in [-0.4, -0.2) is 207 Å². The van der Waals surface area contributed by atoms with Gasteiger partial charge in [-0.3, -0.25) is 33.6 Å². The second-order valence-electron chi connectivity index (χ2n) is 30.6. The van der Waals surface area contributed by atoms with Gasteiger partial charge < -0.3 is 142 Å². The van der Waals surface area contributed by atoms with Crippen molar-refractivity contribution < 1.29 is 143 Å². The van der Waals surface area contributed by atoms with Crippen LogP contribution in [0.2, 0.25) is 10.0 Å². The van der Waals surface area contributed by atoms with E-state index in [9.17, 15) is 85.6 Å². The molecule has 0 saturated carbocycles. The Kier molecular flexibility index (Phi) is 26.8. The zero-order valence-electron chi connectivity index (χ0n) is 65.1. The van der Waals surface area contributed by atoms with E-state index in [2.05, 4.69) is 56.4 Å². The molecule has 2 fully saturated rings. The summed E-state index contributed by atoms with van der Waals surface area (Å²) in [5, 5.41) is 167. The number of nitrogens with one attached hydrogen (secondary N) is 8. The van der Waals surface area contributed by atoms with Crippen molar-refractivity contribution in [3.8, 4) is 80.1 Å². The Hall–Kier alpha value is -11.9. The number of hydrogen-bond donors (Lipinski definition) is 21. The van der Waals surface area contributed by atoms with Crippen LogP contribution in [0.25, 0.3) is 11.1 Å². The van der Waals surface area contributed by atoms with Crippen molar-refractivity contribution in [3.63, 3.8) is 0 Å². The number of carbonyl (C=O) groups is 9. The maximum Gasteiger partial charge on any atom is 0.335 e. The van der Waals surface area contributed by atoms with Gasteiger partial charge in [0.2, 0.25) is 59.7 Å².